The number of guanidine groups is 1. The molecule has 0 amide bonds. The topological polar surface area (TPSA) is 80.0 Å². The Morgan fingerprint density at radius 2 is 2.17 bits per heavy atom. The fourth-order valence-electron chi connectivity index (χ4n) is 3.23. The summed E-state index contributed by atoms with van der Waals surface area (Å²) >= 11 is 6.00. The number of halogens is 1. The van der Waals surface area contributed by atoms with E-state index in [1.807, 2.05) is 42.6 Å². The van der Waals surface area contributed by atoms with Crippen LogP contribution >= 0.6 is 11.6 Å². The number of esters is 1. The summed E-state index contributed by atoms with van der Waals surface area (Å²) in [5.74, 6) is 0.282. The quantitative estimate of drug-likeness (QED) is 0.385. The number of hydrogen-bond acceptors (Lipinski definition) is 6. The minimum absolute atomic E-state index is 0.372. The van der Waals surface area contributed by atoms with Crippen molar-refractivity contribution in [3.8, 4) is 0 Å². The molecule has 0 saturated heterocycles. The van der Waals surface area contributed by atoms with Gasteiger partial charge in [-0.1, -0.05) is 23.7 Å². The normalized spacial score (nSPS) is 13.5. The zero-order chi connectivity index (χ0) is 20.2. The van der Waals surface area contributed by atoms with Crippen molar-refractivity contribution in [1.29, 1.82) is 0 Å². The number of nitrogens with one attached hydrogen (secondary N) is 2. The number of carbonyl (C=O) groups excluding carboxylic acids is 1. The van der Waals surface area contributed by atoms with Crippen molar-refractivity contribution < 1.29 is 9.53 Å². The molecule has 7 nitrogen and oxygen atoms in total. The van der Waals surface area contributed by atoms with Gasteiger partial charge in [0.05, 0.1) is 25.4 Å². The summed E-state index contributed by atoms with van der Waals surface area (Å²) in [5.41, 5.74) is 6.39. The summed E-state index contributed by atoms with van der Waals surface area (Å²) in [6, 6.07) is 13.3. The fourth-order valence-corrected chi connectivity index (χ4v) is 3.35. The molecule has 8 heteroatoms. The van der Waals surface area contributed by atoms with Gasteiger partial charge in [-0.2, -0.15) is 5.10 Å². The zero-order valence-corrected chi connectivity index (χ0v) is 16.6. The molecule has 2 aromatic carbocycles. The smallest absolute Gasteiger partial charge is 0.337 e. The molecule has 0 unspecified atom stereocenters. The maximum atomic E-state index is 12.0. The number of aliphatic imine (C=N–C) groups is 1. The standard InChI is InChI=1S/C21H20ClN5O2/c1-29-20(28)15-4-7-19-18(10-15)16(11-25-26-21-23-8-9-24-21)13-27(19)12-14-2-5-17(22)6-3-14/h2-7,10-11,13H,8-9,12H2,1H3,(H2,23,24,26)/b25-11+. The largest absolute Gasteiger partial charge is 0.465 e. The third-order valence-electron chi connectivity index (χ3n) is 4.65. The van der Waals surface area contributed by atoms with Crippen molar-refractivity contribution in [2.24, 2.45) is 10.1 Å². The van der Waals surface area contributed by atoms with Crippen molar-refractivity contribution in [3.63, 3.8) is 0 Å². The first kappa shape index (κ1) is 19.0. The lowest BCUT2D eigenvalue weighted by Gasteiger charge is -2.06. The lowest BCUT2D eigenvalue weighted by Crippen LogP contribution is -2.30. The second kappa shape index (κ2) is 8.36. The number of ether oxygens (including phenoxy) is 1. The second-order valence-corrected chi connectivity index (χ2v) is 7.03. The van der Waals surface area contributed by atoms with Gasteiger partial charge < -0.3 is 14.6 Å². The molecule has 0 atom stereocenters. The van der Waals surface area contributed by atoms with E-state index in [4.69, 9.17) is 16.3 Å². The first-order chi connectivity index (χ1) is 14.1. The molecule has 0 radical (unpaired) electrons. The van der Waals surface area contributed by atoms with Crippen LogP contribution in [-0.4, -0.2) is 42.9 Å². The van der Waals surface area contributed by atoms with E-state index in [0.29, 0.717) is 23.1 Å². The summed E-state index contributed by atoms with van der Waals surface area (Å²) in [7, 11) is 1.37. The Kier molecular flexibility index (Phi) is 5.48. The molecule has 3 aromatic rings. The molecule has 1 aliphatic rings. The van der Waals surface area contributed by atoms with Crippen LogP contribution in [-0.2, 0) is 11.3 Å². The molecule has 0 aliphatic carbocycles. The van der Waals surface area contributed by atoms with Gasteiger partial charge in [0.25, 0.3) is 0 Å². The van der Waals surface area contributed by atoms with Crippen molar-refractivity contribution in [3.05, 3.63) is 70.4 Å². The van der Waals surface area contributed by atoms with Crippen LogP contribution in [0, 0.1) is 0 Å². The number of hydrogen-bond donors (Lipinski definition) is 2. The van der Waals surface area contributed by atoms with Gasteiger partial charge in [-0.25, -0.2) is 15.2 Å². The van der Waals surface area contributed by atoms with E-state index in [1.54, 1.807) is 12.3 Å². The highest BCUT2D eigenvalue weighted by Gasteiger charge is 2.13. The molecule has 0 saturated carbocycles. The first-order valence-corrected chi connectivity index (χ1v) is 9.55. The van der Waals surface area contributed by atoms with Gasteiger partial charge in [0, 0.05) is 40.8 Å². The molecule has 0 spiro atoms. The number of methoxy groups -OCH3 is 1. The van der Waals surface area contributed by atoms with Gasteiger partial charge >= 0.3 is 5.97 Å². The average Bonchev–Trinajstić information content (AvgIpc) is 3.37. The lowest BCUT2D eigenvalue weighted by atomic mass is 10.1. The number of nitrogens with zero attached hydrogens (tertiary/aromatic N) is 3. The van der Waals surface area contributed by atoms with E-state index in [9.17, 15) is 4.79 Å². The monoisotopic (exact) mass is 409 g/mol. The lowest BCUT2D eigenvalue weighted by molar-refractivity contribution is 0.0601. The van der Waals surface area contributed by atoms with Crippen LogP contribution in [0.3, 0.4) is 0 Å². The maximum absolute atomic E-state index is 12.0. The predicted octanol–water partition coefficient (Wildman–Crippen LogP) is 3.01. The van der Waals surface area contributed by atoms with Gasteiger partial charge in [0.15, 0.2) is 0 Å². The second-order valence-electron chi connectivity index (χ2n) is 6.59. The molecule has 29 heavy (non-hydrogen) atoms. The number of hydrazone groups is 1. The Labute approximate surface area is 173 Å². The fraction of sp³-hybridized carbons (Fsp3) is 0.190. The van der Waals surface area contributed by atoms with Crippen molar-refractivity contribution in [2.45, 2.75) is 6.54 Å². The Hall–Kier alpha value is -3.32. The third-order valence-corrected chi connectivity index (χ3v) is 4.90. The molecular formula is C21H20ClN5O2. The van der Waals surface area contributed by atoms with Crippen LogP contribution in [0.2, 0.25) is 5.02 Å². The van der Waals surface area contributed by atoms with Gasteiger partial charge in [-0.05, 0) is 35.9 Å². The number of carbonyl (C=O) groups is 1. The highest BCUT2D eigenvalue weighted by atomic mass is 35.5. The van der Waals surface area contributed by atoms with Gasteiger partial charge in [-0.3, -0.25) is 0 Å². The van der Waals surface area contributed by atoms with E-state index in [-0.39, 0.29) is 5.97 Å². The molecule has 0 fully saturated rings. The van der Waals surface area contributed by atoms with Gasteiger partial charge in [0.2, 0.25) is 5.96 Å². The summed E-state index contributed by atoms with van der Waals surface area (Å²) in [6.45, 7) is 2.21. The van der Waals surface area contributed by atoms with Crippen molar-refractivity contribution >= 4 is 40.6 Å². The van der Waals surface area contributed by atoms with Crippen LogP contribution in [0.4, 0.5) is 0 Å². The number of aromatic nitrogens is 1. The number of fused-ring (bicyclic) bond motifs is 1. The van der Waals surface area contributed by atoms with E-state index >= 15 is 0 Å². The Bertz CT molecular complexity index is 1100. The molecule has 148 valence electrons. The van der Waals surface area contributed by atoms with E-state index < -0.39 is 0 Å². The molecule has 2 N–H and O–H groups in total. The summed E-state index contributed by atoms with van der Waals surface area (Å²) in [6.07, 6.45) is 3.74. The minimum atomic E-state index is -0.372. The van der Waals surface area contributed by atoms with Gasteiger partial charge in [0.1, 0.15) is 0 Å². The van der Waals surface area contributed by atoms with Crippen LogP contribution in [0.15, 0.2) is 58.8 Å². The molecule has 2 heterocycles. The third kappa shape index (κ3) is 4.25. The van der Waals surface area contributed by atoms with E-state index in [0.717, 1.165) is 35.1 Å². The maximum Gasteiger partial charge on any atom is 0.337 e. The van der Waals surface area contributed by atoms with E-state index in [2.05, 4.69) is 25.4 Å². The average molecular weight is 410 g/mol. The highest BCUT2D eigenvalue weighted by Crippen LogP contribution is 2.24. The first-order valence-electron chi connectivity index (χ1n) is 9.17. The van der Waals surface area contributed by atoms with E-state index in [1.165, 1.54) is 7.11 Å². The predicted molar refractivity (Wildman–Crippen MR) is 115 cm³/mol. The van der Waals surface area contributed by atoms with Crippen LogP contribution in [0.25, 0.3) is 10.9 Å². The molecule has 4 rings (SSSR count). The van der Waals surface area contributed by atoms with Crippen LogP contribution in [0.5, 0.6) is 0 Å². The Balaban J connectivity index is 1.69. The zero-order valence-electron chi connectivity index (χ0n) is 15.9. The summed E-state index contributed by atoms with van der Waals surface area (Å²) < 4.78 is 6.98. The van der Waals surface area contributed by atoms with Crippen molar-refractivity contribution in [2.75, 3.05) is 20.2 Å². The summed E-state index contributed by atoms with van der Waals surface area (Å²) in [4.78, 5) is 16.2. The Morgan fingerprint density at radius 3 is 2.90 bits per heavy atom. The Morgan fingerprint density at radius 1 is 1.34 bits per heavy atom. The molecule has 1 aromatic heterocycles. The van der Waals surface area contributed by atoms with Crippen molar-refractivity contribution in [1.82, 2.24) is 15.3 Å². The van der Waals surface area contributed by atoms with Gasteiger partial charge in [-0.15, -0.1) is 0 Å². The number of benzene rings is 2. The van der Waals surface area contributed by atoms with Crippen LogP contribution < -0.4 is 10.7 Å². The highest BCUT2D eigenvalue weighted by molar-refractivity contribution is 6.30. The molecule has 0 bridgehead atoms. The summed E-state index contributed by atoms with van der Waals surface area (Å²) in [5, 5.41) is 9.00. The molecular weight excluding hydrogens is 390 g/mol. The molecule has 1 aliphatic heterocycles. The minimum Gasteiger partial charge on any atom is -0.465 e. The SMILES string of the molecule is COC(=O)c1ccc2c(c1)c(/C=N/NC1=NCCN1)cn2Cc1ccc(Cl)cc1. The number of rotatable bonds is 5. The van der Waals surface area contributed by atoms with Crippen LogP contribution in [0.1, 0.15) is 21.5 Å².